The van der Waals surface area contributed by atoms with E-state index in [2.05, 4.69) is 18.3 Å². The monoisotopic (exact) mass is 378 g/mol. The number of hydrogen-bond donors (Lipinski definition) is 0. The lowest BCUT2D eigenvalue weighted by Crippen LogP contribution is -2.27. The SMILES string of the molecule is CC(C)OC(C)(C)CCCCCCc1cc(F)c(F)c(F)c1.CO[SiH3]. The molecular formula is C19H33F3O2Si. The van der Waals surface area contributed by atoms with Crippen LogP contribution < -0.4 is 0 Å². The molecule has 0 saturated heterocycles. The Balaban J connectivity index is 0.00000178. The predicted molar refractivity (Wildman–Crippen MR) is 100 cm³/mol. The summed E-state index contributed by atoms with van der Waals surface area (Å²) in [6.07, 6.45) is 5.72. The van der Waals surface area contributed by atoms with Crippen molar-refractivity contribution in [1.82, 2.24) is 0 Å². The normalized spacial score (nSPS) is 11.6. The van der Waals surface area contributed by atoms with Crippen LogP contribution in [0.3, 0.4) is 0 Å². The molecule has 0 atom stereocenters. The molecule has 1 rings (SSSR count). The van der Waals surface area contributed by atoms with E-state index in [4.69, 9.17) is 4.74 Å². The number of rotatable bonds is 9. The molecule has 0 fully saturated rings. The molecule has 0 unspecified atom stereocenters. The van der Waals surface area contributed by atoms with Crippen molar-refractivity contribution < 1.29 is 22.3 Å². The minimum atomic E-state index is -1.39. The summed E-state index contributed by atoms with van der Waals surface area (Å²) >= 11 is 0. The highest BCUT2D eigenvalue weighted by atomic mass is 28.2. The van der Waals surface area contributed by atoms with E-state index in [0.29, 0.717) is 12.0 Å². The molecule has 0 saturated carbocycles. The van der Waals surface area contributed by atoms with Gasteiger partial charge in [-0.05, 0) is 64.7 Å². The van der Waals surface area contributed by atoms with Crippen molar-refractivity contribution in [3.05, 3.63) is 35.1 Å². The predicted octanol–water partition coefficient (Wildman–Crippen LogP) is 4.71. The van der Waals surface area contributed by atoms with Gasteiger partial charge in [0.1, 0.15) is 10.5 Å². The third kappa shape index (κ3) is 11.4. The maximum atomic E-state index is 13.1. The highest BCUT2D eigenvalue weighted by Gasteiger charge is 2.19. The van der Waals surface area contributed by atoms with Gasteiger partial charge in [0.05, 0.1) is 11.7 Å². The molecule has 0 aliphatic carbocycles. The van der Waals surface area contributed by atoms with Crippen molar-refractivity contribution in [1.29, 1.82) is 0 Å². The molecule has 0 radical (unpaired) electrons. The minimum absolute atomic E-state index is 0.114. The summed E-state index contributed by atoms with van der Waals surface area (Å²) in [4.78, 5) is 0. The largest absolute Gasteiger partial charge is 0.431 e. The standard InChI is InChI=1S/C18H27F3O.CH6OSi/c1-13(2)22-18(3,4)10-8-6-5-7-9-14-11-15(19)17(21)16(20)12-14;1-2-3/h11-13H,5-10H2,1-4H3;1,3H3. The third-order valence-corrected chi connectivity index (χ3v) is 3.59. The Morgan fingerprint density at radius 1 is 1.00 bits per heavy atom. The Bertz CT molecular complexity index is 471. The number of benzene rings is 1. The van der Waals surface area contributed by atoms with E-state index in [1.54, 1.807) is 7.11 Å². The van der Waals surface area contributed by atoms with E-state index in [1.807, 2.05) is 13.8 Å². The fourth-order valence-electron chi connectivity index (χ4n) is 2.68. The van der Waals surface area contributed by atoms with Crippen molar-refractivity contribution in [2.45, 2.75) is 77.9 Å². The summed E-state index contributed by atoms with van der Waals surface area (Å²) in [5.74, 6) is -3.61. The Kier molecular flexibility index (Phi) is 12.1. The Labute approximate surface area is 153 Å². The molecule has 0 aliphatic heterocycles. The van der Waals surface area contributed by atoms with Crippen LogP contribution in [0.25, 0.3) is 0 Å². The first-order valence-corrected chi connectivity index (χ1v) is 9.66. The average Bonchev–Trinajstić information content (AvgIpc) is 2.47. The second kappa shape index (κ2) is 12.5. The molecule has 0 spiro atoms. The molecule has 0 heterocycles. The van der Waals surface area contributed by atoms with Gasteiger partial charge in [-0.25, -0.2) is 13.2 Å². The number of hydrogen-bond acceptors (Lipinski definition) is 2. The molecule has 2 nitrogen and oxygen atoms in total. The van der Waals surface area contributed by atoms with Gasteiger partial charge in [0.2, 0.25) is 0 Å². The molecule has 0 aliphatic rings. The van der Waals surface area contributed by atoms with Gasteiger partial charge in [-0.15, -0.1) is 0 Å². The second-order valence-corrected chi connectivity index (χ2v) is 7.94. The van der Waals surface area contributed by atoms with Crippen LogP contribution in [0, 0.1) is 17.5 Å². The van der Waals surface area contributed by atoms with Gasteiger partial charge < -0.3 is 9.16 Å². The van der Waals surface area contributed by atoms with Crippen LogP contribution in [0.5, 0.6) is 0 Å². The lowest BCUT2D eigenvalue weighted by Gasteiger charge is -2.27. The molecule has 25 heavy (non-hydrogen) atoms. The lowest BCUT2D eigenvalue weighted by atomic mass is 9.98. The van der Waals surface area contributed by atoms with E-state index in [-0.39, 0.29) is 11.7 Å². The van der Waals surface area contributed by atoms with Crippen LogP contribution in [0.4, 0.5) is 13.2 Å². The van der Waals surface area contributed by atoms with Gasteiger partial charge in [-0.1, -0.05) is 19.3 Å². The Morgan fingerprint density at radius 3 is 1.96 bits per heavy atom. The van der Waals surface area contributed by atoms with Crippen molar-refractivity contribution in [3.63, 3.8) is 0 Å². The van der Waals surface area contributed by atoms with Crippen LogP contribution >= 0.6 is 0 Å². The number of ether oxygens (including phenoxy) is 1. The second-order valence-electron chi connectivity index (χ2n) is 7.12. The van der Waals surface area contributed by atoms with Crippen LogP contribution in [-0.2, 0) is 15.6 Å². The zero-order valence-electron chi connectivity index (χ0n) is 16.4. The maximum absolute atomic E-state index is 13.1. The van der Waals surface area contributed by atoms with Crippen molar-refractivity contribution in [2.75, 3.05) is 7.11 Å². The van der Waals surface area contributed by atoms with Crippen molar-refractivity contribution in [2.24, 2.45) is 0 Å². The van der Waals surface area contributed by atoms with Gasteiger partial charge in [0.25, 0.3) is 0 Å². The summed E-state index contributed by atoms with van der Waals surface area (Å²) in [5.41, 5.74) is 0.400. The molecule has 0 amide bonds. The zero-order valence-corrected chi connectivity index (χ0v) is 18.4. The third-order valence-electron chi connectivity index (χ3n) is 3.59. The Morgan fingerprint density at radius 2 is 1.48 bits per heavy atom. The van der Waals surface area contributed by atoms with Gasteiger partial charge in [-0.3, -0.25) is 0 Å². The van der Waals surface area contributed by atoms with E-state index in [9.17, 15) is 13.2 Å². The van der Waals surface area contributed by atoms with E-state index in [0.717, 1.165) is 54.7 Å². The summed E-state index contributed by atoms with van der Waals surface area (Å²) in [6.45, 7) is 8.25. The van der Waals surface area contributed by atoms with Crippen LogP contribution in [-0.4, -0.2) is 29.3 Å². The topological polar surface area (TPSA) is 18.5 Å². The zero-order chi connectivity index (χ0) is 19.5. The number of halogens is 3. The van der Waals surface area contributed by atoms with Gasteiger partial charge in [0.15, 0.2) is 17.5 Å². The van der Waals surface area contributed by atoms with Crippen molar-refractivity contribution >= 4 is 10.5 Å². The molecular weight excluding hydrogens is 345 g/mol. The fraction of sp³-hybridized carbons (Fsp3) is 0.684. The molecule has 0 bridgehead atoms. The smallest absolute Gasteiger partial charge is 0.194 e. The van der Waals surface area contributed by atoms with E-state index in [1.165, 1.54) is 0 Å². The van der Waals surface area contributed by atoms with E-state index < -0.39 is 17.5 Å². The Hall–Kier alpha value is -0.853. The first kappa shape index (κ1) is 24.1. The summed E-state index contributed by atoms with van der Waals surface area (Å²) in [5, 5.41) is 0. The van der Waals surface area contributed by atoms with Crippen LogP contribution in [0.15, 0.2) is 12.1 Å². The number of unbranched alkanes of at least 4 members (excludes halogenated alkanes) is 3. The highest BCUT2D eigenvalue weighted by molar-refractivity contribution is 5.97. The molecule has 1 aromatic rings. The molecule has 0 N–H and O–H groups in total. The van der Waals surface area contributed by atoms with E-state index >= 15 is 0 Å². The number of aryl methyl sites for hydroxylation is 1. The quantitative estimate of drug-likeness (QED) is 0.352. The minimum Gasteiger partial charge on any atom is -0.431 e. The maximum Gasteiger partial charge on any atom is 0.194 e. The van der Waals surface area contributed by atoms with Crippen LogP contribution in [0.2, 0.25) is 0 Å². The molecule has 0 aromatic heterocycles. The summed E-state index contributed by atoms with van der Waals surface area (Å²) in [6, 6.07) is 2.16. The van der Waals surface area contributed by atoms with Gasteiger partial charge >= 0.3 is 0 Å². The van der Waals surface area contributed by atoms with Crippen LogP contribution in [0.1, 0.15) is 65.4 Å². The lowest BCUT2D eigenvalue weighted by molar-refractivity contribution is -0.0615. The summed E-state index contributed by atoms with van der Waals surface area (Å²) < 4.78 is 49.2. The molecule has 1 aromatic carbocycles. The molecule has 6 heteroatoms. The summed E-state index contributed by atoms with van der Waals surface area (Å²) in [7, 11) is 2.56. The fourth-order valence-corrected chi connectivity index (χ4v) is 2.68. The van der Waals surface area contributed by atoms with Crippen molar-refractivity contribution in [3.8, 4) is 0 Å². The van der Waals surface area contributed by atoms with Gasteiger partial charge in [-0.2, -0.15) is 0 Å². The highest BCUT2D eigenvalue weighted by Crippen LogP contribution is 2.21. The first-order valence-electron chi connectivity index (χ1n) is 8.84. The average molecular weight is 379 g/mol. The molecule has 146 valence electrons. The first-order chi connectivity index (χ1) is 11.6. The van der Waals surface area contributed by atoms with Gasteiger partial charge in [0, 0.05) is 7.11 Å².